The second-order valence-corrected chi connectivity index (χ2v) is 5.26. The van der Waals surface area contributed by atoms with E-state index in [2.05, 4.69) is 0 Å². The third-order valence-electron chi connectivity index (χ3n) is 3.28. The van der Waals surface area contributed by atoms with E-state index in [-0.39, 0.29) is 6.10 Å². The normalized spacial score (nSPS) is 10.4. The van der Waals surface area contributed by atoms with Crippen LogP contribution in [0.5, 0.6) is 11.5 Å². The van der Waals surface area contributed by atoms with Crippen LogP contribution in [0.25, 0.3) is 11.1 Å². The lowest BCUT2D eigenvalue weighted by molar-refractivity contribution is -0.107. The minimum Gasteiger partial charge on any atom is -0.497 e. The van der Waals surface area contributed by atoms with E-state index < -0.39 is 0 Å². The highest BCUT2D eigenvalue weighted by Gasteiger charge is 2.15. The van der Waals surface area contributed by atoms with Crippen molar-refractivity contribution in [3.8, 4) is 22.6 Å². The summed E-state index contributed by atoms with van der Waals surface area (Å²) in [5.74, 6) is 1.51. The summed E-state index contributed by atoms with van der Waals surface area (Å²) in [7, 11) is 3.36. The van der Waals surface area contributed by atoms with E-state index >= 15 is 0 Å². The molecule has 0 spiro atoms. The second kappa shape index (κ2) is 6.98. The standard InChI is InChI=1S/C18H21NO3/c1-13(2)22-18-10-9-14(21-4)11-16(18)15-7-5-6-8-17(15)19(3)12-20/h5-13H,1-4H3. The molecular formula is C18H21NO3. The van der Waals surface area contributed by atoms with Crippen LogP contribution < -0.4 is 14.4 Å². The molecular weight excluding hydrogens is 278 g/mol. The Hall–Kier alpha value is -2.49. The first kappa shape index (κ1) is 15.9. The number of ether oxygens (including phenoxy) is 2. The number of anilines is 1. The summed E-state index contributed by atoms with van der Waals surface area (Å²) in [6, 6.07) is 13.4. The zero-order chi connectivity index (χ0) is 16.1. The van der Waals surface area contributed by atoms with Gasteiger partial charge in [-0.3, -0.25) is 4.79 Å². The largest absolute Gasteiger partial charge is 0.497 e. The van der Waals surface area contributed by atoms with Gasteiger partial charge in [-0.2, -0.15) is 0 Å². The lowest BCUT2D eigenvalue weighted by Gasteiger charge is -2.20. The summed E-state index contributed by atoms with van der Waals surface area (Å²) in [6.45, 7) is 3.97. The van der Waals surface area contributed by atoms with E-state index in [9.17, 15) is 4.79 Å². The molecule has 0 fully saturated rings. The van der Waals surface area contributed by atoms with Crippen molar-refractivity contribution in [1.82, 2.24) is 0 Å². The SMILES string of the molecule is COc1ccc(OC(C)C)c(-c2ccccc2N(C)C=O)c1. The van der Waals surface area contributed by atoms with Crippen molar-refractivity contribution < 1.29 is 14.3 Å². The summed E-state index contributed by atoms with van der Waals surface area (Å²) in [5, 5.41) is 0. The van der Waals surface area contributed by atoms with Gasteiger partial charge >= 0.3 is 0 Å². The van der Waals surface area contributed by atoms with E-state index in [1.54, 1.807) is 19.1 Å². The van der Waals surface area contributed by atoms with E-state index in [4.69, 9.17) is 9.47 Å². The Labute approximate surface area is 131 Å². The minimum absolute atomic E-state index is 0.0584. The summed E-state index contributed by atoms with van der Waals surface area (Å²) < 4.78 is 11.2. The predicted octanol–water partition coefficient (Wildman–Crippen LogP) is 3.74. The van der Waals surface area contributed by atoms with Crippen molar-refractivity contribution in [3.05, 3.63) is 42.5 Å². The number of amides is 1. The Balaban J connectivity index is 2.62. The van der Waals surface area contributed by atoms with Crippen LogP contribution in [0.2, 0.25) is 0 Å². The van der Waals surface area contributed by atoms with Crippen molar-refractivity contribution in [1.29, 1.82) is 0 Å². The quantitative estimate of drug-likeness (QED) is 0.763. The van der Waals surface area contributed by atoms with Gasteiger partial charge in [0.1, 0.15) is 11.5 Å². The molecule has 0 aromatic heterocycles. The van der Waals surface area contributed by atoms with Gasteiger partial charge in [0.25, 0.3) is 0 Å². The number of hydrogen-bond donors (Lipinski definition) is 0. The third-order valence-corrected chi connectivity index (χ3v) is 3.28. The minimum atomic E-state index is 0.0584. The average molecular weight is 299 g/mol. The zero-order valence-corrected chi connectivity index (χ0v) is 13.4. The average Bonchev–Trinajstić information content (AvgIpc) is 2.54. The number of carbonyl (C=O) groups excluding carboxylic acids is 1. The molecule has 2 rings (SSSR count). The van der Waals surface area contributed by atoms with Crippen LogP contribution >= 0.6 is 0 Å². The maximum Gasteiger partial charge on any atom is 0.213 e. The van der Waals surface area contributed by atoms with Crippen LogP contribution in [-0.4, -0.2) is 26.7 Å². The van der Waals surface area contributed by atoms with Gasteiger partial charge < -0.3 is 14.4 Å². The molecule has 0 saturated heterocycles. The van der Waals surface area contributed by atoms with Gasteiger partial charge in [-0.05, 0) is 38.1 Å². The molecule has 116 valence electrons. The van der Waals surface area contributed by atoms with Crippen molar-refractivity contribution in [2.24, 2.45) is 0 Å². The molecule has 0 N–H and O–H groups in total. The van der Waals surface area contributed by atoms with Crippen LogP contribution in [0.1, 0.15) is 13.8 Å². The highest BCUT2D eigenvalue weighted by Crippen LogP contribution is 2.38. The Morgan fingerprint density at radius 2 is 1.82 bits per heavy atom. The molecule has 0 atom stereocenters. The fourth-order valence-corrected chi connectivity index (χ4v) is 2.27. The number of para-hydroxylation sites is 1. The van der Waals surface area contributed by atoms with Gasteiger partial charge in [0.05, 0.1) is 18.9 Å². The van der Waals surface area contributed by atoms with Gasteiger partial charge in [-0.25, -0.2) is 0 Å². The molecule has 0 aliphatic rings. The highest BCUT2D eigenvalue weighted by atomic mass is 16.5. The highest BCUT2D eigenvalue weighted by molar-refractivity contribution is 5.89. The van der Waals surface area contributed by atoms with Gasteiger partial charge in [-0.1, -0.05) is 18.2 Å². The van der Waals surface area contributed by atoms with Crippen LogP contribution in [0, 0.1) is 0 Å². The van der Waals surface area contributed by atoms with Gasteiger partial charge in [-0.15, -0.1) is 0 Å². The maximum absolute atomic E-state index is 11.1. The van der Waals surface area contributed by atoms with Crippen LogP contribution in [0.15, 0.2) is 42.5 Å². The maximum atomic E-state index is 11.1. The first-order chi connectivity index (χ1) is 10.6. The topological polar surface area (TPSA) is 38.8 Å². The molecule has 4 nitrogen and oxygen atoms in total. The first-order valence-electron chi connectivity index (χ1n) is 7.19. The van der Waals surface area contributed by atoms with Crippen molar-refractivity contribution in [3.63, 3.8) is 0 Å². The molecule has 0 unspecified atom stereocenters. The molecule has 4 heteroatoms. The molecule has 0 radical (unpaired) electrons. The Bertz CT molecular complexity index is 653. The third kappa shape index (κ3) is 3.39. The van der Waals surface area contributed by atoms with Crippen molar-refractivity contribution in [2.45, 2.75) is 20.0 Å². The van der Waals surface area contributed by atoms with Gasteiger partial charge in [0.15, 0.2) is 0 Å². The fraction of sp³-hybridized carbons (Fsp3) is 0.278. The zero-order valence-electron chi connectivity index (χ0n) is 13.4. The molecule has 0 heterocycles. The van der Waals surface area contributed by atoms with E-state index in [1.807, 2.05) is 56.3 Å². The van der Waals surface area contributed by atoms with Crippen LogP contribution in [0.4, 0.5) is 5.69 Å². The number of nitrogens with zero attached hydrogens (tertiary/aromatic N) is 1. The fourth-order valence-electron chi connectivity index (χ4n) is 2.27. The van der Waals surface area contributed by atoms with E-state index in [0.29, 0.717) is 0 Å². The summed E-state index contributed by atoms with van der Waals surface area (Å²) in [5.41, 5.74) is 2.64. The van der Waals surface area contributed by atoms with E-state index in [0.717, 1.165) is 34.7 Å². The number of rotatable bonds is 6. The van der Waals surface area contributed by atoms with Gasteiger partial charge in [0.2, 0.25) is 6.41 Å². The second-order valence-electron chi connectivity index (χ2n) is 5.26. The predicted molar refractivity (Wildman–Crippen MR) is 88.7 cm³/mol. The number of hydrogen-bond acceptors (Lipinski definition) is 3. The molecule has 1 amide bonds. The molecule has 0 aliphatic carbocycles. The van der Waals surface area contributed by atoms with Gasteiger partial charge in [0, 0.05) is 18.2 Å². The smallest absolute Gasteiger partial charge is 0.213 e. The van der Waals surface area contributed by atoms with Crippen LogP contribution in [0.3, 0.4) is 0 Å². The monoisotopic (exact) mass is 299 g/mol. The Morgan fingerprint density at radius 3 is 2.45 bits per heavy atom. The van der Waals surface area contributed by atoms with Crippen molar-refractivity contribution >= 4 is 12.1 Å². The summed E-state index contributed by atoms with van der Waals surface area (Å²) in [4.78, 5) is 12.7. The summed E-state index contributed by atoms with van der Waals surface area (Å²) >= 11 is 0. The molecule has 2 aromatic rings. The number of benzene rings is 2. The van der Waals surface area contributed by atoms with E-state index in [1.165, 1.54) is 0 Å². The number of carbonyl (C=O) groups is 1. The Morgan fingerprint density at radius 1 is 1.09 bits per heavy atom. The lowest BCUT2D eigenvalue weighted by Crippen LogP contribution is -2.15. The number of methoxy groups -OCH3 is 1. The molecule has 0 bridgehead atoms. The Kier molecular flexibility index (Phi) is 5.04. The van der Waals surface area contributed by atoms with Crippen LogP contribution in [-0.2, 0) is 4.79 Å². The molecule has 0 saturated carbocycles. The molecule has 22 heavy (non-hydrogen) atoms. The lowest BCUT2D eigenvalue weighted by atomic mass is 10.0. The molecule has 0 aliphatic heterocycles. The van der Waals surface area contributed by atoms with Crippen molar-refractivity contribution in [2.75, 3.05) is 19.1 Å². The molecule has 2 aromatic carbocycles. The summed E-state index contributed by atoms with van der Waals surface area (Å²) in [6.07, 6.45) is 0.852. The first-order valence-corrected chi connectivity index (χ1v) is 7.19.